The van der Waals surface area contributed by atoms with Gasteiger partial charge in [0.05, 0.1) is 0 Å². The first kappa shape index (κ1) is 11.3. The third-order valence-electron chi connectivity index (χ3n) is 3.13. The Bertz CT molecular complexity index is 311. The van der Waals surface area contributed by atoms with Crippen LogP contribution < -0.4 is 5.32 Å². The lowest BCUT2D eigenvalue weighted by Gasteiger charge is -2.35. The molecular weight excluding hydrogens is 214 g/mol. The zero-order valence-electron chi connectivity index (χ0n) is 9.15. The van der Waals surface area contributed by atoms with Gasteiger partial charge in [-0.15, -0.1) is 0 Å². The highest BCUT2D eigenvalue weighted by Crippen LogP contribution is 2.19. The Hall–Kier alpha value is -0.170. The van der Waals surface area contributed by atoms with E-state index in [1.165, 1.54) is 0 Å². The molecule has 0 radical (unpaired) electrons. The minimum absolute atomic E-state index is 0.0735. The first-order valence-corrected chi connectivity index (χ1v) is 7.00. The van der Waals surface area contributed by atoms with Crippen molar-refractivity contribution in [3.63, 3.8) is 0 Å². The van der Waals surface area contributed by atoms with E-state index in [-0.39, 0.29) is 6.04 Å². The van der Waals surface area contributed by atoms with Crippen LogP contribution in [0, 0.1) is 0 Å². The molecule has 2 aliphatic rings. The highest BCUT2D eigenvalue weighted by Gasteiger charge is 2.35. The van der Waals surface area contributed by atoms with Gasteiger partial charge in [0.25, 0.3) is 10.2 Å². The molecule has 0 spiro atoms. The maximum Gasteiger partial charge on any atom is 0.282 e. The number of rotatable bonds is 2. The van der Waals surface area contributed by atoms with E-state index in [0.717, 1.165) is 25.9 Å². The molecule has 2 rings (SSSR count). The smallest absolute Gasteiger partial charge is 0.282 e. The van der Waals surface area contributed by atoms with Crippen LogP contribution in [0.1, 0.15) is 19.8 Å². The van der Waals surface area contributed by atoms with E-state index < -0.39 is 10.2 Å². The largest absolute Gasteiger partial charge is 0.314 e. The standard InChI is InChI=1S/C9H19N3O2S/c1-9-8-10-4-7-12(9)15(13,14)11-5-2-3-6-11/h9-10H,2-8H2,1H3/t9-/m0/s1. The van der Waals surface area contributed by atoms with Crippen LogP contribution in [-0.4, -0.2) is 55.8 Å². The summed E-state index contributed by atoms with van der Waals surface area (Å²) in [6.45, 7) is 5.46. The van der Waals surface area contributed by atoms with Crippen molar-refractivity contribution in [2.45, 2.75) is 25.8 Å². The second-order valence-corrected chi connectivity index (χ2v) is 6.16. The van der Waals surface area contributed by atoms with Gasteiger partial charge in [0.1, 0.15) is 0 Å². The molecule has 2 heterocycles. The monoisotopic (exact) mass is 233 g/mol. The molecule has 1 N–H and O–H groups in total. The normalized spacial score (nSPS) is 30.9. The minimum Gasteiger partial charge on any atom is -0.314 e. The van der Waals surface area contributed by atoms with E-state index in [1.807, 2.05) is 6.92 Å². The Balaban J connectivity index is 2.12. The van der Waals surface area contributed by atoms with E-state index in [2.05, 4.69) is 5.32 Å². The number of nitrogens with one attached hydrogen (secondary N) is 1. The number of nitrogens with zero attached hydrogens (tertiary/aromatic N) is 2. The van der Waals surface area contributed by atoms with Gasteiger partial charge in [-0.3, -0.25) is 0 Å². The third-order valence-corrected chi connectivity index (χ3v) is 5.28. The Kier molecular flexibility index (Phi) is 3.30. The van der Waals surface area contributed by atoms with Crippen molar-refractivity contribution >= 4 is 10.2 Å². The molecule has 0 amide bonds. The van der Waals surface area contributed by atoms with Gasteiger partial charge < -0.3 is 5.32 Å². The summed E-state index contributed by atoms with van der Waals surface area (Å²) < 4.78 is 27.7. The Labute approximate surface area is 91.6 Å². The van der Waals surface area contributed by atoms with Crippen LogP contribution in [0.15, 0.2) is 0 Å². The summed E-state index contributed by atoms with van der Waals surface area (Å²) in [6, 6.07) is 0.0735. The van der Waals surface area contributed by atoms with Crippen LogP contribution in [0.3, 0.4) is 0 Å². The van der Waals surface area contributed by atoms with Crippen LogP contribution in [-0.2, 0) is 10.2 Å². The van der Waals surface area contributed by atoms with Gasteiger partial charge in [0.2, 0.25) is 0 Å². The van der Waals surface area contributed by atoms with Gasteiger partial charge in [0, 0.05) is 38.8 Å². The lowest BCUT2D eigenvalue weighted by molar-refractivity contribution is 0.263. The summed E-state index contributed by atoms with van der Waals surface area (Å²) in [5.74, 6) is 0. The van der Waals surface area contributed by atoms with Gasteiger partial charge in [0.15, 0.2) is 0 Å². The molecule has 1 atom stereocenters. The summed E-state index contributed by atoms with van der Waals surface area (Å²) in [5, 5.41) is 3.20. The van der Waals surface area contributed by atoms with Gasteiger partial charge >= 0.3 is 0 Å². The molecule has 2 fully saturated rings. The fraction of sp³-hybridized carbons (Fsp3) is 1.00. The van der Waals surface area contributed by atoms with Crippen molar-refractivity contribution in [1.82, 2.24) is 13.9 Å². The third kappa shape index (κ3) is 2.18. The molecule has 88 valence electrons. The molecular formula is C9H19N3O2S. The molecule has 6 heteroatoms. The topological polar surface area (TPSA) is 52.7 Å². The number of hydrogen-bond donors (Lipinski definition) is 1. The van der Waals surface area contributed by atoms with Crippen LogP contribution in [0.25, 0.3) is 0 Å². The van der Waals surface area contributed by atoms with E-state index in [9.17, 15) is 8.42 Å². The predicted octanol–water partition coefficient (Wildman–Crippen LogP) is -0.379. The maximum absolute atomic E-state index is 12.2. The summed E-state index contributed by atoms with van der Waals surface area (Å²) in [7, 11) is -3.18. The van der Waals surface area contributed by atoms with E-state index in [1.54, 1.807) is 8.61 Å². The zero-order valence-corrected chi connectivity index (χ0v) is 9.96. The van der Waals surface area contributed by atoms with Crippen molar-refractivity contribution < 1.29 is 8.42 Å². The van der Waals surface area contributed by atoms with Gasteiger partial charge in [-0.05, 0) is 19.8 Å². The average Bonchev–Trinajstić information content (AvgIpc) is 2.71. The van der Waals surface area contributed by atoms with Crippen molar-refractivity contribution in [2.75, 3.05) is 32.7 Å². The molecule has 0 aromatic rings. The SMILES string of the molecule is C[C@H]1CNCCN1S(=O)(=O)N1CCCC1. The summed E-state index contributed by atoms with van der Waals surface area (Å²) in [6.07, 6.45) is 2.00. The molecule has 0 aliphatic carbocycles. The molecule has 0 aromatic carbocycles. The quantitative estimate of drug-likeness (QED) is 0.707. The summed E-state index contributed by atoms with van der Waals surface area (Å²) in [5.41, 5.74) is 0. The predicted molar refractivity (Wildman–Crippen MR) is 58.8 cm³/mol. The van der Waals surface area contributed by atoms with Crippen LogP contribution in [0.5, 0.6) is 0 Å². The van der Waals surface area contributed by atoms with E-state index in [4.69, 9.17) is 0 Å². The highest BCUT2D eigenvalue weighted by molar-refractivity contribution is 7.86. The highest BCUT2D eigenvalue weighted by atomic mass is 32.2. The van der Waals surface area contributed by atoms with E-state index >= 15 is 0 Å². The molecule has 0 saturated carbocycles. The summed E-state index contributed by atoms with van der Waals surface area (Å²) >= 11 is 0. The van der Waals surface area contributed by atoms with Crippen molar-refractivity contribution in [3.05, 3.63) is 0 Å². The lowest BCUT2D eigenvalue weighted by atomic mass is 10.3. The Morgan fingerprint density at radius 1 is 1.20 bits per heavy atom. The van der Waals surface area contributed by atoms with Crippen molar-refractivity contribution in [1.29, 1.82) is 0 Å². The van der Waals surface area contributed by atoms with Gasteiger partial charge in [-0.2, -0.15) is 17.0 Å². The fourth-order valence-corrected chi connectivity index (χ4v) is 4.10. The summed E-state index contributed by atoms with van der Waals surface area (Å²) in [4.78, 5) is 0. The van der Waals surface area contributed by atoms with E-state index in [0.29, 0.717) is 19.6 Å². The van der Waals surface area contributed by atoms with Crippen LogP contribution in [0.4, 0.5) is 0 Å². The molecule has 2 aliphatic heterocycles. The van der Waals surface area contributed by atoms with Crippen molar-refractivity contribution in [3.8, 4) is 0 Å². The Morgan fingerprint density at radius 2 is 1.87 bits per heavy atom. The van der Waals surface area contributed by atoms with Gasteiger partial charge in [-0.1, -0.05) is 0 Å². The fourth-order valence-electron chi connectivity index (χ4n) is 2.23. The zero-order chi connectivity index (χ0) is 10.9. The molecule has 5 nitrogen and oxygen atoms in total. The maximum atomic E-state index is 12.2. The van der Waals surface area contributed by atoms with Crippen LogP contribution in [0.2, 0.25) is 0 Å². The molecule has 15 heavy (non-hydrogen) atoms. The molecule has 2 saturated heterocycles. The minimum atomic E-state index is -3.18. The molecule has 0 unspecified atom stereocenters. The Morgan fingerprint density at radius 3 is 2.47 bits per heavy atom. The van der Waals surface area contributed by atoms with Crippen LogP contribution >= 0.6 is 0 Å². The van der Waals surface area contributed by atoms with Gasteiger partial charge in [-0.25, -0.2) is 0 Å². The number of hydrogen-bond acceptors (Lipinski definition) is 3. The number of piperazine rings is 1. The average molecular weight is 233 g/mol. The molecule has 0 bridgehead atoms. The lowest BCUT2D eigenvalue weighted by Crippen LogP contribution is -2.55. The van der Waals surface area contributed by atoms with Crippen molar-refractivity contribution in [2.24, 2.45) is 0 Å². The second-order valence-electron chi connectivity index (χ2n) is 4.28. The first-order chi connectivity index (χ1) is 7.12. The molecule has 0 aromatic heterocycles. The second kappa shape index (κ2) is 4.37. The first-order valence-electron chi connectivity index (χ1n) is 5.60.